The molecule has 0 saturated carbocycles. The summed E-state index contributed by atoms with van der Waals surface area (Å²) in [6, 6.07) is 7.19. The van der Waals surface area contributed by atoms with Crippen molar-refractivity contribution in [1.82, 2.24) is 4.90 Å². The molecule has 0 unspecified atom stereocenters. The molecule has 0 amide bonds. The molecule has 0 aromatic heterocycles. The molecule has 1 aromatic rings. The third-order valence-electron chi connectivity index (χ3n) is 3.18. The molecule has 2 nitrogen and oxygen atoms in total. The van der Waals surface area contributed by atoms with Gasteiger partial charge in [-0.1, -0.05) is 12.1 Å². The van der Waals surface area contributed by atoms with Gasteiger partial charge in [0.25, 0.3) is 0 Å². The normalized spacial score (nSPS) is 20.9. The SMILES string of the molecule is OC[C@@H]1CCCN1CCSc1ccccc1F. The maximum Gasteiger partial charge on any atom is 0.136 e. The van der Waals surface area contributed by atoms with Crippen molar-refractivity contribution in [2.75, 3.05) is 25.4 Å². The second-order valence-corrected chi connectivity index (χ2v) is 5.43. The van der Waals surface area contributed by atoms with Gasteiger partial charge in [0.15, 0.2) is 0 Å². The molecule has 0 spiro atoms. The van der Waals surface area contributed by atoms with Crippen molar-refractivity contribution in [3.05, 3.63) is 30.1 Å². The first-order chi connectivity index (χ1) is 8.31. The van der Waals surface area contributed by atoms with Gasteiger partial charge >= 0.3 is 0 Å². The Bertz CT molecular complexity index is 361. The van der Waals surface area contributed by atoms with Gasteiger partial charge < -0.3 is 5.11 Å². The van der Waals surface area contributed by atoms with Crippen molar-refractivity contribution >= 4 is 11.8 Å². The van der Waals surface area contributed by atoms with Gasteiger partial charge in [0, 0.05) is 23.2 Å². The predicted octanol–water partition coefficient (Wildman–Crippen LogP) is 2.37. The van der Waals surface area contributed by atoms with E-state index in [1.165, 1.54) is 6.07 Å². The molecule has 0 bridgehead atoms. The third kappa shape index (κ3) is 3.44. The lowest BCUT2D eigenvalue weighted by molar-refractivity contribution is 0.165. The molecular weight excluding hydrogens is 237 g/mol. The van der Waals surface area contributed by atoms with Crippen molar-refractivity contribution in [2.24, 2.45) is 0 Å². The number of benzene rings is 1. The van der Waals surface area contributed by atoms with Crippen molar-refractivity contribution < 1.29 is 9.50 Å². The van der Waals surface area contributed by atoms with Crippen LogP contribution in [-0.2, 0) is 0 Å². The minimum Gasteiger partial charge on any atom is -0.395 e. The first-order valence-electron chi connectivity index (χ1n) is 6.03. The average molecular weight is 255 g/mol. The van der Waals surface area contributed by atoms with Crippen LogP contribution in [0, 0.1) is 5.82 Å². The zero-order valence-corrected chi connectivity index (χ0v) is 10.6. The highest BCUT2D eigenvalue weighted by molar-refractivity contribution is 7.99. The second kappa shape index (κ2) is 6.38. The van der Waals surface area contributed by atoms with E-state index in [4.69, 9.17) is 0 Å². The first-order valence-corrected chi connectivity index (χ1v) is 7.02. The minimum atomic E-state index is -0.141. The smallest absolute Gasteiger partial charge is 0.136 e. The fourth-order valence-corrected chi connectivity index (χ4v) is 3.16. The molecular formula is C13H18FNOS. The number of nitrogens with zero attached hydrogens (tertiary/aromatic N) is 1. The van der Waals surface area contributed by atoms with E-state index in [0.29, 0.717) is 10.9 Å². The maximum atomic E-state index is 13.4. The van der Waals surface area contributed by atoms with Crippen LogP contribution in [0.2, 0.25) is 0 Å². The number of aliphatic hydroxyl groups is 1. The third-order valence-corrected chi connectivity index (χ3v) is 4.21. The second-order valence-electron chi connectivity index (χ2n) is 4.29. The number of rotatable bonds is 5. The molecule has 1 atom stereocenters. The molecule has 1 aliphatic rings. The van der Waals surface area contributed by atoms with Gasteiger partial charge in [-0.15, -0.1) is 11.8 Å². The molecule has 0 aliphatic carbocycles. The Morgan fingerprint density at radius 1 is 1.41 bits per heavy atom. The zero-order chi connectivity index (χ0) is 12.1. The van der Waals surface area contributed by atoms with Crippen molar-refractivity contribution in [3.63, 3.8) is 0 Å². The summed E-state index contributed by atoms with van der Waals surface area (Å²) in [4.78, 5) is 3.01. The number of hydrogen-bond donors (Lipinski definition) is 1. The first kappa shape index (κ1) is 12.9. The van der Waals surface area contributed by atoms with Gasteiger partial charge in [-0.3, -0.25) is 4.90 Å². The average Bonchev–Trinajstić information content (AvgIpc) is 2.79. The van der Waals surface area contributed by atoms with E-state index in [1.807, 2.05) is 12.1 Å². The Kier molecular flexibility index (Phi) is 4.83. The van der Waals surface area contributed by atoms with E-state index >= 15 is 0 Å². The van der Waals surface area contributed by atoms with Crippen LogP contribution in [-0.4, -0.2) is 41.5 Å². The van der Waals surface area contributed by atoms with E-state index in [-0.39, 0.29) is 12.4 Å². The van der Waals surface area contributed by atoms with Gasteiger partial charge in [-0.2, -0.15) is 0 Å². The summed E-state index contributed by atoms with van der Waals surface area (Å²) >= 11 is 1.55. The number of halogens is 1. The molecule has 1 fully saturated rings. The van der Waals surface area contributed by atoms with E-state index < -0.39 is 0 Å². The van der Waals surface area contributed by atoms with Gasteiger partial charge in [0.1, 0.15) is 5.82 Å². The van der Waals surface area contributed by atoms with Crippen LogP contribution in [0.25, 0.3) is 0 Å². The summed E-state index contributed by atoms with van der Waals surface area (Å²) < 4.78 is 13.4. The molecule has 4 heteroatoms. The highest BCUT2D eigenvalue weighted by atomic mass is 32.2. The lowest BCUT2D eigenvalue weighted by atomic mass is 10.2. The lowest BCUT2D eigenvalue weighted by Crippen LogP contribution is -2.33. The van der Waals surface area contributed by atoms with Crippen LogP contribution in [0.5, 0.6) is 0 Å². The van der Waals surface area contributed by atoms with Crippen molar-refractivity contribution in [3.8, 4) is 0 Å². The molecule has 17 heavy (non-hydrogen) atoms. The molecule has 2 rings (SSSR count). The monoisotopic (exact) mass is 255 g/mol. The van der Waals surface area contributed by atoms with E-state index in [9.17, 15) is 9.50 Å². The number of thioether (sulfide) groups is 1. The highest BCUT2D eigenvalue weighted by Crippen LogP contribution is 2.23. The fourth-order valence-electron chi connectivity index (χ4n) is 2.23. The summed E-state index contributed by atoms with van der Waals surface area (Å²) in [6.45, 7) is 2.22. The zero-order valence-electron chi connectivity index (χ0n) is 9.81. The van der Waals surface area contributed by atoms with Crippen LogP contribution < -0.4 is 0 Å². The number of likely N-dealkylation sites (tertiary alicyclic amines) is 1. The summed E-state index contributed by atoms with van der Waals surface area (Å²) in [5.74, 6) is 0.731. The fraction of sp³-hybridized carbons (Fsp3) is 0.538. The van der Waals surface area contributed by atoms with Crippen LogP contribution in [0.15, 0.2) is 29.2 Å². The van der Waals surface area contributed by atoms with Crippen LogP contribution in [0.3, 0.4) is 0 Å². The summed E-state index contributed by atoms with van der Waals surface area (Å²) in [6.07, 6.45) is 2.25. The Hall–Kier alpha value is -0.580. The standard InChI is InChI=1S/C13H18FNOS/c14-12-5-1-2-6-13(12)17-9-8-15-7-3-4-11(15)10-16/h1-2,5-6,11,16H,3-4,7-10H2/t11-/m0/s1. The van der Waals surface area contributed by atoms with Crippen molar-refractivity contribution in [1.29, 1.82) is 0 Å². The largest absolute Gasteiger partial charge is 0.395 e. The summed E-state index contributed by atoms with van der Waals surface area (Å²) in [5.41, 5.74) is 0. The summed E-state index contributed by atoms with van der Waals surface area (Å²) in [5, 5.41) is 9.19. The van der Waals surface area contributed by atoms with Gasteiger partial charge in [-0.25, -0.2) is 4.39 Å². The molecule has 1 aromatic carbocycles. The lowest BCUT2D eigenvalue weighted by Gasteiger charge is -2.22. The molecule has 1 heterocycles. The van der Waals surface area contributed by atoms with E-state index in [0.717, 1.165) is 31.7 Å². The Morgan fingerprint density at radius 2 is 2.24 bits per heavy atom. The number of aliphatic hydroxyl groups excluding tert-OH is 1. The Balaban J connectivity index is 1.78. The van der Waals surface area contributed by atoms with Crippen LogP contribution in [0.1, 0.15) is 12.8 Å². The van der Waals surface area contributed by atoms with Crippen LogP contribution >= 0.6 is 11.8 Å². The highest BCUT2D eigenvalue weighted by Gasteiger charge is 2.22. The minimum absolute atomic E-state index is 0.141. The van der Waals surface area contributed by atoms with E-state index in [2.05, 4.69) is 4.90 Å². The maximum absolute atomic E-state index is 13.4. The number of hydrogen-bond acceptors (Lipinski definition) is 3. The molecule has 1 N–H and O–H groups in total. The topological polar surface area (TPSA) is 23.5 Å². The molecule has 94 valence electrons. The molecule has 0 radical (unpaired) electrons. The van der Waals surface area contributed by atoms with Gasteiger partial charge in [0.05, 0.1) is 6.61 Å². The summed E-state index contributed by atoms with van der Waals surface area (Å²) in [7, 11) is 0. The van der Waals surface area contributed by atoms with Gasteiger partial charge in [0.2, 0.25) is 0 Å². The predicted molar refractivity (Wildman–Crippen MR) is 68.8 cm³/mol. The van der Waals surface area contributed by atoms with Crippen molar-refractivity contribution in [2.45, 2.75) is 23.8 Å². The molecule has 1 aliphatic heterocycles. The van der Waals surface area contributed by atoms with E-state index in [1.54, 1.807) is 17.8 Å². The Morgan fingerprint density at radius 3 is 3.00 bits per heavy atom. The quantitative estimate of drug-likeness (QED) is 0.817. The van der Waals surface area contributed by atoms with Crippen LogP contribution in [0.4, 0.5) is 4.39 Å². The Labute approximate surface area is 106 Å². The van der Waals surface area contributed by atoms with Gasteiger partial charge in [-0.05, 0) is 31.5 Å². The molecule has 1 saturated heterocycles.